The average molecular weight is 600 g/mol. The van der Waals surface area contributed by atoms with E-state index >= 15 is 0 Å². The number of nitrogens with zero attached hydrogens (tertiary/aromatic N) is 3. The molecule has 0 saturated carbocycles. The quantitative estimate of drug-likeness (QED) is 0.186. The van der Waals surface area contributed by atoms with E-state index in [0.717, 1.165) is 71.9 Å². The zero-order valence-corrected chi connectivity index (χ0v) is 25.2. The van der Waals surface area contributed by atoms with Crippen LogP contribution >= 0.6 is 0 Å². The van der Waals surface area contributed by atoms with Gasteiger partial charge in [-0.05, 0) is 42.5 Å². The van der Waals surface area contributed by atoms with Crippen molar-refractivity contribution in [1.82, 2.24) is 9.13 Å². The summed E-state index contributed by atoms with van der Waals surface area (Å²) < 4.78 is 11.7. The van der Waals surface area contributed by atoms with Crippen LogP contribution in [0, 0.1) is 6.57 Å². The number of rotatable bonds is 3. The number of fused-ring (bicyclic) bond motifs is 10. The summed E-state index contributed by atoms with van der Waals surface area (Å²) in [6, 6.07) is 52.9. The molecule has 10 rings (SSSR count). The van der Waals surface area contributed by atoms with Crippen molar-refractivity contribution in [2.24, 2.45) is 0 Å². The predicted octanol–water partition coefficient (Wildman–Crippen LogP) is 12.0. The van der Waals surface area contributed by atoms with Crippen LogP contribution in [0.1, 0.15) is 0 Å². The second-order valence-corrected chi connectivity index (χ2v) is 12.0. The van der Waals surface area contributed by atoms with Crippen molar-refractivity contribution in [3.05, 3.63) is 163 Å². The van der Waals surface area contributed by atoms with Crippen LogP contribution in [-0.2, 0) is 0 Å². The third kappa shape index (κ3) is 3.57. The van der Waals surface area contributed by atoms with E-state index in [1.54, 1.807) is 0 Å². The smallest absolute Gasteiger partial charge is 0.189 e. The summed E-state index contributed by atoms with van der Waals surface area (Å²) in [6.07, 6.45) is 0. The number of aromatic nitrogens is 2. The Morgan fingerprint density at radius 2 is 1.02 bits per heavy atom. The fourth-order valence-corrected chi connectivity index (χ4v) is 7.55. The molecule has 47 heavy (non-hydrogen) atoms. The molecule has 0 bridgehead atoms. The summed E-state index contributed by atoms with van der Waals surface area (Å²) in [5, 5.41) is 6.85. The highest BCUT2D eigenvalue weighted by atomic mass is 16.3. The Labute approximate surface area is 269 Å². The van der Waals surface area contributed by atoms with Gasteiger partial charge in [0.15, 0.2) is 11.3 Å². The molecule has 10 aromatic rings. The fourth-order valence-electron chi connectivity index (χ4n) is 7.55. The predicted molar refractivity (Wildman–Crippen MR) is 194 cm³/mol. The Bertz CT molecular complexity index is 2860. The molecule has 0 unspecified atom stereocenters. The first-order valence-electron chi connectivity index (χ1n) is 15.7. The van der Waals surface area contributed by atoms with Gasteiger partial charge in [-0.1, -0.05) is 109 Å². The highest BCUT2D eigenvalue weighted by Crippen LogP contribution is 2.45. The highest BCUT2D eigenvalue weighted by Gasteiger charge is 2.22. The second-order valence-electron chi connectivity index (χ2n) is 12.0. The lowest BCUT2D eigenvalue weighted by molar-refractivity contribution is 0.672. The molecule has 7 aromatic carbocycles. The topological polar surface area (TPSA) is 27.4 Å². The lowest BCUT2D eigenvalue weighted by atomic mass is 9.99. The molecular formula is C43H25N3O. The first kappa shape index (κ1) is 25.7. The first-order valence-corrected chi connectivity index (χ1v) is 15.7. The molecule has 0 aliphatic carbocycles. The zero-order chi connectivity index (χ0) is 31.1. The highest BCUT2D eigenvalue weighted by molar-refractivity contribution is 6.22. The van der Waals surface area contributed by atoms with Gasteiger partial charge in [-0.15, -0.1) is 0 Å². The van der Waals surface area contributed by atoms with Crippen molar-refractivity contribution in [2.45, 2.75) is 0 Å². The summed E-state index contributed by atoms with van der Waals surface area (Å²) >= 11 is 0. The van der Waals surface area contributed by atoms with Gasteiger partial charge in [0.1, 0.15) is 5.58 Å². The Balaban J connectivity index is 1.32. The third-order valence-corrected chi connectivity index (χ3v) is 9.54. The number of hydrogen-bond acceptors (Lipinski definition) is 1. The molecule has 0 saturated heterocycles. The van der Waals surface area contributed by atoms with Gasteiger partial charge in [0, 0.05) is 54.8 Å². The van der Waals surface area contributed by atoms with Crippen LogP contribution in [0.5, 0.6) is 0 Å². The van der Waals surface area contributed by atoms with Gasteiger partial charge < -0.3 is 13.6 Å². The number of para-hydroxylation sites is 5. The third-order valence-electron chi connectivity index (χ3n) is 9.54. The minimum absolute atomic E-state index is 0.594. The maximum Gasteiger partial charge on any atom is 0.189 e. The molecule has 0 fully saturated rings. The summed E-state index contributed by atoms with van der Waals surface area (Å²) in [7, 11) is 0. The maximum absolute atomic E-state index is 7.88. The Kier molecular flexibility index (Phi) is 5.32. The van der Waals surface area contributed by atoms with Gasteiger partial charge in [0.25, 0.3) is 0 Å². The standard InChI is InChI=1S/C43H25N3O/c1-44-27-22-23-32(40(26-27)46-38-20-9-5-14-29(38)30-15-6-10-21-39(30)46)34-17-11-18-35-36-25-24-33-31-16-7-8-19-37(31)45(28-12-3-2-4-13-28)41(33)43(36)47-42(34)35/h2-26H. The zero-order valence-electron chi connectivity index (χ0n) is 25.2. The van der Waals surface area contributed by atoms with E-state index in [1.165, 1.54) is 16.2 Å². The lowest BCUT2D eigenvalue weighted by Gasteiger charge is -2.15. The first-order chi connectivity index (χ1) is 23.3. The Hall–Kier alpha value is -6.57. The van der Waals surface area contributed by atoms with E-state index in [-0.39, 0.29) is 0 Å². The van der Waals surface area contributed by atoms with E-state index in [9.17, 15) is 0 Å². The van der Waals surface area contributed by atoms with E-state index in [0.29, 0.717) is 5.69 Å². The molecule has 0 spiro atoms. The second kappa shape index (κ2) is 9.71. The normalized spacial score (nSPS) is 11.8. The molecule has 4 nitrogen and oxygen atoms in total. The van der Waals surface area contributed by atoms with Gasteiger partial charge in [-0.2, -0.15) is 0 Å². The van der Waals surface area contributed by atoms with Crippen molar-refractivity contribution < 1.29 is 4.42 Å². The fraction of sp³-hybridized carbons (Fsp3) is 0. The van der Waals surface area contributed by atoms with Gasteiger partial charge >= 0.3 is 0 Å². The van der Waals surface area contributed by atoms with Crippen molar-refractivity contribution in [3.63, 3.8) is 0 Å². The molecule has 0 aliphatic rings. The van der Waals surface area contributed by atoms with Gasteiger partial charge in [0.2, 0.25) is 0 Å². The summed E-state index contributed by atoms with van der Waals surface area (Å²) in [5.74, 6) is 0. The van der Waals surface area contributed by atoms with Gasteiger partial charge in [0.05, 0.1) is 28.6 Å². The van der Waals surface area contributed by atoms with Crippen LogP contribution in [-0.4, -0.2) is 9.13 Å². The van der Waals surface area contributed by atoms with Crippen LogP contribution in [0.2, 0.25) is 0 Å². The summed E-state index contributed by atoms with van der Waals surface area (Å²) in [6.45, 7) is 7.88. The molecule has 3 heterocycles. The van der Waals surface area contributed by atoms with Gasteiger partial charge in [-0.3, -0.25) is 0 Å². The minimum atomic E-state index is 0.594. The van der Waals surface area contributed by atoms with E-state index in [4.69, 9.17) is 11.0 Å². The summed E-state index contributed by atoms with van der Waals surface area (Å²) in [5.41, 5.74) is 10.7. The number of hydrogen-bond donors (Lipinski definition) is 0. The van der Waals surface area contributed by atoms with E-state index < -0.39 is 0 Å². The van der Waals surface area contributed by atoms with Crippen LogP contribution < -0.4 is 0 Å². The number of furan rings is 1. The van der Waals surface area contributed by atoms with Crippen molar-refractivity contribution in [3.8, 4) is 22.5 Å². The van der Waals surface area contributed by atoms with Crippen molar-refractivity contribution in [2.75, 3.05) is 0 Å². The monoisotopic (exact) mass is 599 g/mol. The van der Waals surface area contributed by atoms with Crippen LogP contribution in [0.3, 0.4) is 0 Å². The molecule has 4 heteroatoms. The maximum atomic E-state index is 7.88. The van der Waals surface area contributed by atoms with Crippen LogP contribution in [0.4, 0.5) is 5.69 Å². The number of benzene rings is 7. The van der Waals surface area contributed by atoms with Crippen molar-refractivity contribution >= 4 is 71.2 Å². The minimum Gasteiger partial charge on any atom is -0.453 e. The van der Waals surface area contributed by atoms with Crippen LogP contribution in [0.25, 0.3) is 92.9 Å². The molecule has 0 aliphatic heterocycles. The van der Waals surface area contributed by atoms with Gasteiger partial charge in [-0.25, -0.2) is 4.85 Å². The molecule has 0 radical (unpaired) electrons. The largest absolute Gasteiger partial charge is 0.453 e. The molecule has 0 amide bonds. The Morgan fingerprint density at radius 1 is 0.447 bits per heavy atom. The Morgan fingerprint density at radius 3 is 1.72 bits per heavy atom. The van der Waals surface area contributed by atoms with Crippen molar-refractivity contribution in [1.29, 1.82) is 0 Å². The summed E-state index contributed by atoms with van der Waals surface area (Å²) in [4.78, 5) is 3.84. The molecular weight excluding hydrogens is 574 g/mol. The van der Waals surface area contributed by atoms with E-state index in [2.05, 4.69) is 154 Å². The van der Waals surface area contributed by atoms with Crippen LogP contribution in [0.15, 0.2) is 156 Å². The molecule has 0 atom stereocenters. The molecule has 0 N–H and O–H groups in total. The van der Waals surface area contributed by atoms with E-state index in [1.807, 2.05) is 12.1 Å². The average Bonchev–Trinajstić information content (AvgIpc) is 3.80. The lowest BCUT2D eigenvalue weighted by Crippen LogP contribution is -1.97. The molecule has 3 aromatic heterocycles. The SMILES string of the molecule is [C-]#[N+]c1ccc(-c2cccc3c2oc2c3ccc3c4ccccc4n(-c4ccccc4)c32)c(-n2c3ccccc3c3ccccc32)c1. The molecule has 218 valence electrons.